The van der Waals surface area contributed by atoms with E-state index < -0.39 is 10.0 Å². The second-order valence-corrected chi connectivity index (χ2v) is 11.1. The number of halogens is 1. The van der Waals surface area contributed by atoms with E-state index in [4.69, 9.17) is 22.1 Å². The number of anilines is 4. The highest BCUT2D eigenvalue weighted by molar-refractivity contribution is 7.89. The van der Waals surface area contributed by atoms with E-state index in [1.165, 1.54) is 31.9 Å². The Morgan fingerprint density at radius 2 is 1.91 bits per heavy atom. The van der Waals surface area contributed by atoms with Gasteiger partial charge in [0.05, 0.1) is 24.7 Å². The van der Waals surface area contributed by atoms with Crippen molar-refractivity contribution in [2.45, 2.75) is 36.6 Å². The van der Waals surface area contributed by atoms with Gasteiger partial charge in [-0.05, 0) is 55.0 Å². The lowest BCUT2D eigenvalue weighted by Gasteiger charge is -2.18. The van der Waals surface area contributed by atoms with E-state index in [1.54, 1.807) is 25.3 Å². The lowest BCUT2D eigenvalue weighted by molar-refractivity contribution is 0.411. The molecule has 4 N–H and O–H groups in total. The summed E-state index contributed by atoms with van der Waals surface area (Å²) in [5.41, 5.74) is 9.63. The van der Waals surface area contributed by atoms with Gasteiger partial charge in [-0.25, -0.2) is 17.7 Å². The summed E-state index contributed by atoms with van der Waals surface area (Å²) in [6.45, 7) is 0. The van der Waals surface area contributed by atoms with Crippen LogP contribution < -0.4 is 21.1 Å². The molecule has 4 rings (SSSR count). The number of rotatable bonds is 7. The van der Waals surface area contributed by atoms with E-state index in [0.29, 0.717) is 5.69 Å². The van der Waals surface area contributed by atoms with Crippen LogP contribution in [0.1, 0.15) is 24.0 Å². The highest BCUT2D eigenvalue weighted by Gasteiger charge is 2.23. The minimum absolute atomic E-state index is 0.111. The van der Waals surface area contributed by atoms with Crippen molar-refractivity contribution in [3.8, 4) is 5.75 Å². The maximum atomic E-state index is 12.8. The maximum absolute atomic E-state index is 12.8. The zero-order valence-corrected chi connectivity index (χ0v) is 21.4. The van der Waals surface area contributed by atoms with E-state index >= 15 is 0 Å². The molecular formula is C24H29ClN6O3S. The summed E-state index contributed by atoms with van der Waals surface area (Å²) in [5.74, 6) is 1.30. The Morgan fingerprint density at radius 1 is 1.14 bits per heavy atom. The van der Waals surface area contributed by atoms with Crippen LogP contribution in [0.5, 0.6) is 5.75 Å². The molecule has 1 unspecified atom stereocenters. The largest absolute Gasteiger partial charge is 0.494 e. The molecule has 0 spiro atoms. The number of ether oxygens (including phenoxy) is 1. The van der Waals surface area contributed by atoms with Gasteiger partial charge in [-0.1, -0.05) is 29.8 Å². The van der Waals surface area contributed by atoms with Gasteiger partial charge in [-0.15, -0.1) is 0 Å². The fourth-order valence-electron chi connectivity index (χ4n) is 4.15. The van der Waals surface area contributed by atoms with Gasteiger partial charge in [-0.2, -0.15) is 4.98 Å². The Morgan fingerprint density at radius 3 is 2.66 bits per heavy atom. The van der Waals surface area contributed by atoms with E-state index in [0.717, 1.165) is 47.0 Å². The maximum Gasteiger partial charge on any atom is 0.244 e. The van der Waals surface area contributed by atoms with Gasteiger partial charge in [0.2, 0.25) is 16.0 Å². The first kappa shape index (κ1) is 25.2. The molecule has 11 heteroatoms. The number of hydrogen-bond acceptors (Lipinski definition) is 8. The van der Waals surface area contributed by atoms with Crippen LogP contribution >= 0.6 is 11.6 Å². The SMILES string of the molecule is COc1c(Nc2ncc(Cl)c(Nc3ccccc3S(=O)(=O)N(C)C)n2)ccc2c1CCCC(N)C2. The number of nitrogens with two attached hydrogens (primary N) is 1. The molecule has 3 aromatic rings. The van der Waals surface area contributed by atoms with Gasteiger partial charge >= 0.3 is 0 Å². The number of para-hydroxylation sites is 1. The minimum atomic E-state index is -3.68. The van der Waals surface area contributed by atoms with Crippen molar-refractivity contribution in [1.29, 1.82) is 0 Å². The quantitative estimate of drug-likeness (QED) is 0.401. The van der Waals surface area contributed by atoms with Crippen LogP contribution in [-0.2, 0) is 22.9 Å². The molecule has 1 aliphatic rings. The molecule has 0 radical (unpaired) electrons. The monoisotopic (exact) mass is 516 g/mol. The molecule has 9 nitrogen and oxygen atoms in total. The number of methoxy groups -OCH3 is 1. The second kappa shape index (κ2) is 10.4. The van der Waals surface area contributed by atoms with Crippen molar-refractivity contribution >= 4 is 44.8 Å². The normalized spacial score (nSPS) is 15.9. The van der Waals surface area contributed by atoms with E-state index in [2.05, 4.69) is 26.7 Å². The lowest BCUT2D eigenvalue weighted by atomic mass is 10.00. The van der Waals surface area contributed by atoms with Crippen molar-refractivity contribution in [3.63, 3.8) is 0 Å². The summed E-state index contributed by atoms with van der Waals surface area (Å²) in [6.07, 6.45) is 5.12. The molecular weight excluding hydrogens is 488 g/mol. The summed E-state index contributed by atoms with van der Waals surface area (Å²) in [4.78, 5) is 8.91. The fraction of sp³-hybridized carbons (Fsp3) is 0.333. The van der Waals surface area contributed by atoms with Crippen LogP contribution in [0.25, 0.3) is 0 Å². The first-order chi connectivity index (χ1) is 16.7. The standard InChI is InChI=1S/C24H29ClN6O3S/c1-31(2)35(32,33)21-10-5-4-9-19(21)28-23-18(25)14-27-24(30-23)29-20-12-11-15-13-16(26)7-6-8-17(15)22(20)34-3/h4-5,9-12,14,16H,6-8,13,26H2,1-3H3,(H2,27,28,29,30). The molecule has 1 heterocycles. The zero-order valence-electron chi connectivity index (χ0n) is 19.9. The molecule has 0 bridgehead atoms. The summed E-state index contributed by atoms with van der Waals surface area (Å²) < 4.78 is 32.4. The van der Waals surface area contributed by atoms with Crippen molar-refractivity contribution in [3.05, 3.63) is 58.7 Å². The molecule has 1 aliphatic carbocycles. The van der Waals surface area contributed by atoms with Crippen LogP contribution in [0.3, 0.4) is 0 Å². The van der Waals surface area contributed by atoms with E-state index in [9.17, 15) is 8.42 Å². The summed E-state index contributed by atoms with van der Waals surface area (Å²) in [6, 6.07) is 10.7. The number of aromatic nitrogens is 2. The van der Waals surface area contributed by atoms with Gasteiger partial charge in [0, 0.05) is 20.1 Å². The fourth-order valence-corrected chi connectivity index (χ4v) is 5.32. The van der Waals surface area contributed by atoms with Crippen LogP contribution in [0.4, 0.5) is 23.1 Å². The number of sulfonamides is 1. The molecule has 1 aromatic heterocycles. The van der Waals surface area contributed by atoms with Crippen molar-refractivity contribution in [2.75, 3.05) is 31.8 Å². The van der Waals surface area contributed by atoms with Gasteiger partial charge < -0.3 is 21.1 Å². The molecule has 0 aliphatic heterocycles. The van der Waals surface area contributed by atoms with Crippen molar-refractivity contribution in [1.82, 2.24) is 14.3 Å². The summed E-state index contributed by atoms with van der Waals surface area (Å²) in [7, 11) is 0.921. The molecule has 186 valence electrons. The molecule has 0 amide bonds. The Labute approximate surface area is 210 Å². The van der Waals surface area contributed by atoms with Crippen molar-refractivity contribution < 1.29 is 13.2 Å². The third-order valence-corrected chi connectivity index (χ3v) is 8.08. The molecule has 0 saturated carbocycles. The highest BCUT2D eigenvalue weighted by atomic mass is 35.5. The highest BCUT2D eigenvalue weighted by Crippen LogP contribution is 2.37. The van der Waals surface area contributed by atoms with Crippen LogP contribution in [0, 0.1) is 0 Å². The zero-order chi connectivity index (χ0) is 25.2. The Kier molecular flexibility index (Phi) is 7.46. The average molecular weight is 517 g/mol. The number of fused-ring (bicyclic) bond motifs is 1. The third-order valence-electron chi connectivity index (χ3n) is 5.93. The average Bonchev–Trinajstić information content (AvgIpc) is 3.02. The summed E-state index contributed by atoms with van der Waals surface area (Å²) >= 11 is 6.35. The Balaban J connectivity index is 1.66. The predicted octanol–water partition coefficient (Wildman–Crippen LogP) is 4.08. The van der Waals surface area contributed by atoms with E-state index in [-0.39, 0.29) is 27.7 Å². The van der Waals surface area contributed by atoms with Gasteiger partial charge in [0.15, 0.2) is 5.82 Å². The molecule has 1 atom stereocenters. The predicted molar refractivity (Wildman–Crippen MR) is 139 cm³/mol. The number of benzene rings is 2. The number of nitrogens with zero attached hydrogens (tertiary/aromatic N) is 3. The van der Waals surface area contributed by atoms with Crippen LogP contribution in [-0.4, -0.2) is 49.9 Å². The molecule has 2 aromatic carbocycles. The number of hydrogen-bond donors (Lipinski definition) is 3. The third kappa shape index (κ3) is 5.35. The van der Waals surface area contributed by atoms with Crippen LogP contribution in [0.15, 0.2) is 47.5 Å². The van der Waals surface area contributed by atoms with Gasteiger partial charge in [0.1, 0.15) is 15.7 Å². The first-order valence-electron chi connectivity index (χ1n) is 11.2. The van der Waals surface area contributed by atoms with Gasteiger partial charge in [0.25, 0.3) is 0 Å². The number of nitrogens with one attached hydrogen (secondary N) is 2. The summed E-state index contributed by atoms with van der Waals surface area (Å²) in [5, 5.41) is 6.51. The Hall–Kier alpha value is -2.92. The molecule has 35 heavy (non-hydrogen) atoms. The van der Waals surface area contributed by atoms with Crippen molar-refractivity contribution in [2.24, 2.45) is 5.73 Å². The lowest BCUT2D eigenvalue weighted by Crippen LogP contribution is -2.23. The molecule has 0 fully saturated rings. The second-order valence-electron chi connectivity index (χ2n) is 8.56. The first-order valence-corrected chi connectivity index (χ1v) is 13.0. The smallest absolute Gasteiger partial charge is 0.244 e. The Bertz CT molecular complexity index is 1330. The topological polar surface area (TPSA) is 122 Å². The van der Waals surface area contributed by atoms with E-state index in [1.807, 2.05) is 6.07 Å². The molecule has 0 saturated heterocycles. The van der Waals surface area contributed by atoms with Gasteiger partial charge in [-0.3, -0.25) is 0 Å². The minimum Gasteiger partial charge on any atom is -0.494 e. The van der Waals surface area contributed by atoms with Crippen LogP contribution in [0.2, 0.25) is 5.02 Å².